The molecule has 1 aliphatic heterocycles. The average molecular weight is 403 g/mol. The molecule has 0 aliphatic carbocycles. The molecular formula is C21H23ClN2O4. The molecule has 0 saturated carbocycles. The normalized spacial score (nSPS) is 14.7. The van der Waals surface area contributed by atoms with Crippen molar-refractivity contribution >= 4 is 23.3 Å². The molecule has 0 spiro atoms. The summed E-state index contributed by atoms with van der Waals surface area (Å²) in [5.41, 5.74) is 1.11. The molecule has 0 bridgehead atoms. The van der Waals surface area contributed by atoms with E-state index in [-0.39, 0.29) is 24.9 Å². The number of nitrogens with zero attached hydrogens (tertiary/aromatic N) is 2. The van der Waals surface area contributed by atoms with Crippen molar-refractivity contribution in [2.45, 2.75) is 0 Å². The number of hydrogen-bond acceptors (Lipinski definition) is 5. The fourth-order valence-corrected chi connectivity index (χ4v) is 3.20. The molecule has 2 aromatic carbocycles. The van der Waals surface area contributed by atoms with Gasteiger partial charge in [-0.05, 0) is 48.5 Å². The SMILES string of the molecule is O=C(c1ccc(Cl)cc1)c1ccc(OCC(=O)N2CCN(CCO)CC2)cc1. The maximum absolute atomic E-state index is 12.5. The van der Waals surface area contributed by atoms with Gasteiger partial charge in [0.25, 0.3) is 5.91 Å². The van der Waals surface area contributed by atoms with Crippen molar-refractivity contribution < 1.29 is 19.4 Å². The third-order valence-electron chi connectivity index (χ3n) is 4.73. The number of ether oxygens (including phenoxy) is 1. The van der Waals surface area contributed by atoms with E-state index in [1.165, 1.54) is 0 Å². The van der Waals surface area contributed by atoms with Crippen LogP contribution < -0.4 is 4.74 Å². The van der Waals surface area contributed by atoms with E-state index in [0.717, 1.165) is 13.1 Å². The Morgan fingerprint density at radius 2 is 1.50 bits per heavy atom. The molecule has 1 saturated heterocycles. The predicted molar refractivity (Wildman–Crippen MR) is 107 cm³/mol. The number of ketones is 1. The smallest absolute Gasteiger partial charge is 0.260 e. The lowest BCUT2D eigenvalue weighted by atomic mass is 10.0. The molecule has 0 atom stereocenters. The molecule has 0 radical (unpaired) electrons. The number of halogens is 1. The fraction of sp³-hybridized carbons (Fsp3) is 0.333. The molecule has 1 amide bonds. The van der Waals surface area contributed by atoms with Crippen molar-refractivity contribution in [1.29, 1.82) is 0 Å². The van der Waals surface area contributed by atoms with Gasteiger partial charge in [-0.1, -0.05) is 11.6 Å². The van der Waals surface area contributed by atoms with Crippen molar-refractivity contribution in [2.24, 2.45) is 0 Å². The quantitative estimate of drug-likeness (QED) is 0.718. The first-order valence-electron chi connectivity index (χ1n) is 9.21. The van der Waals surface area contributed by atoms with Crippen LogP contribution in [0.15, 0.2) is 48.5 Å². The highest BCUT2D eigenvalue weighted by Gasteiger charge is 2.21. The number of rotatable bonds is 7. The van der Waals surface area contributed by atoms with Crippen LogP contribution in [-0.2, 0) is 4.79 Å². The zero-order valence-corrected chi connectivity index (χ0v) is 16.3. The van der Waals surface area contributed by atoms with Gasteiger partial charge in [0.2, 0.25) is 0 Å². The highest BCUT2D eigenvalue weighted by Crippen LogP contribution is 2.17. The molecule has 7 heteroatoms. The van der Waals surface area contributed by atoms with E-state index in [2.05, 4.69) is 4.90 Å². The van der Waals surface area contributed by atoms with Gasteiger partial charge in [-0.3, -0.25) is 14.5 Å². The average Bonchev–Trinajstić information content (AvgIpc) is 2.73. The van der Waals surface area contributed by atoms with Gasteiger partial charge in [-0.15, -0.1) is 0 Å². The minimum atomic E-state index is -0.0972. The van der Waals surface area contributed by atoms with Crippen LogP contribution in [0.1, 0.15) is 15.9 Å². The van der Waals surface area contributed by atoms with E-state index < -0.39 is 0 Å². The maximum Gasteiger partial charge on any atom is 0.260 e. The standard InChI is InChI=1S/C21H23ClN2O4/c22-18-5-1-16(2-6-18)21(27)17-3-7-19(8-4-17)28-15-20(26)24-11-9-23(10-12-24)13-14-25/h1-8,25H,9-15H2. The molecule has 148 valence electrons. The van der Waals surface area contributed by atoms with E-state index >= 15 is 0 Å². The van der Waals surface area contributed by atoms with Gasteiger partial charge in [-0.25, -0.2) is 0 Å². The lowest BCUT2D eigenvalue weighted by Gasteiger charge is -2.34. The second-order valence-corrected chi connectivity index (χ2v) is 7.03. The maximum atomic E-state index is 12.5. The Bertz CT molecular complexity index is 800. The number of amides is 1. The van der Waals surface area contributed by atoms with Gasteiger partial charge in [0.05, 0.1) is 6.61 Å². The third kappa shape index (κ3) is 5.32. The second kappa shape index (κ2) is 9.68. The van der Waals surface area contributed by atoms with Crippen LogP contribution in [0.2, 0.25) is 5.02 Å². The number of aliphatic hydroxyl groups is 1. The predicted octanol–water partition coefficient (Wildman–Crippen LogP) is 2.09. The number of carbonyl (C=O) groups is 2. The monoisotopic (exact) mass is 402 g/mol. The zero-order chi connectivity index (χ0) is 19.9. The van der Waals surface area contributed by atoms with Crippen molar-refractivity contribution in [3.05, 3.63) is 64.7 Å². The lowest BCUT2D eigenvalue weighted by molar-refractivity contribution is -0.135. The molecule has 1 aliphatic rings. The Kier molecular flexibility index (Phi) is 7.03. The largest absolute Gasteiger partial charge is 0.484 e. The number of carbonyl (C=O) groups excluding carboxylic acids is 2. The Hall–Kier alpha value is -2.41. The minimum absolute atomic E-state index is 0.0372. The van der Waals surface area contributed by atoms with Crippen LogP contribution in [0.3, 0.4) is 0 Å². The van der Waals surface area contributed by atoms with Crippen LogP contribution in [0, 0.1) is 0 Å². The van der Waals surface area contributed by atoms with Gasteiger partial charge in [0.15, 0.2) is 12.4 Å². The van der Waals surface area contributed by atoms with E-state index in [4.69, 9.17) is 21.4 Å². The Labute approximate surface area is 169 Å². The minimum Gasteiger partial charge on any atom is -0.484 e. The summed E-state index contributed by atoms with van der Waals surface area (Å²) in [5, 5.41) is 9.55. The van der Waals surface area contributed by atoms with Crippen molar-refractivity contribution in [2.75, 3.05) is 45.9 Å². The van der Waals surface area contributed by atoms with E-state index in [1.807, 2.05) is 0 Å². The first kappa shape index (κ1) is 20.3. The Morgan fingerprint density at radius 3 is 2.07 bits per heavy atom. The summed E-state index contributed by atoms with van der Waals surface area (Å²) in [6, 6.07) is 13.5. The van der Waals surface area contributed by atoms with E-state index in [9.17, 15) is 9.59 Å². The highest BCUT2D eigenvalue weighted by molar-refractivity contribution is 6.30. The van der Waals surface area contributed by atoms with Crippen LogP contribution in [0.5, 0.6) is 5.75 Å². The molecule has 0 unspecified atom stereocenters. The van der Waals surface area contributed by atoms with Crippen LogP contribution in [0.4, 0.5) is 0 Å². The van der Waals surface area contributed by atoms with E-state index in [0.29, 0.717) is 41.5 Å². The van der Waals surface area contributed by atoms with E-state index in [1.54, 1.807) is 53.4 Å². The summed E-state index contributed by atoms with van der Waals surface area (Å²) in [7, 11) is 0. The Morgan fingerprint density at radius 1 is 0.929 bits per heavy atom. The van der Waals surface area contributed by atoms with Gasteiger partial charge in [-0.2, -0.15) is 0 Å². The van der Waals surface area contributed by atoms with Gasteiger partial charge >= 0.3 is 0 Å². The van der Waals surface area contributed by atoms with Crippen LogP contribution >= 0.6 is 11.6 Å². The fourth-order valence-electron chi connectivity index (χ4n) is 3.07. The first-order chi connectivity index (χ1) is 13.6. The van der Waals surface area contributed by atoms with Gasteiger partial charge in [0, 0.05) is 48.9 Å². The van der Waals surface area contributed by atoms with Crippen molar-refractivity contribution in [3.63, 3.8) is 0 Å². The summed E-state index contributed by atoms with van der Waals surface area (Å²) in [5.74, 6) is 0.380. The summed E-state index contributed by atoms with van der Waals surface area (Å²) in [6.45, 7) is 3.52. The number of β-amino-alcohol motifs (C(OH)–C–C–N with tert-alkyl or cyclic N) is 1. The molecule has 1 N–H and O–H groups in total. The van der Waals surface area contributed by atoms with Crippen LogP contribution in [0.25, 0.3) is 0 Å². The molecule has 1 heterocycles. The van der Waals surface area contributed by atoms with Crippen molar-refractivity contribution in [3.8, 4) is 5.75 Å². The Balaban J connectivity index is 1.50. The summed E-state index contributed by atoms with van der Waals surface area (Å²) in [4.78, 5) is 28.6. The summed E-state index contributed by atoms with van der Waals surface area (Å²) < 4.78 is 5.58. The molecule has 2 aromatic rings. The molecule has 6 nitrogen and oxygen atoms in total. The lowest BCUT2D eigenvalue weighted by Crippen LogP contribution is -2.50. The number of piperazine rings is 1. The number of aliphatic hydroxyl groups excluding tert-OH is 1. The number of hydrogen-bond donors (Lipinski definition) is 1. The molecule has 3 rings (SSSR count). The third-order valence-corrected chi connectivity index (χ3v) is 4.98. The van der Waals surface area contributed by atoms with Gasteiger partial charge < -0.3 is 14.7 Å². The van der Waals surface area contributed by atoms with Crippen LogP contribution in [-0.4, -0.2) is 72.5 Å². The first-order valence-corrected chi connectivity index (χ1v) is 9.59. The second-order valence-electron chi connectivity index (χ2n) is 6.60. The highest BCUT2D eigenvalue weighted by atomic mass is 35.5. The topological polar surface area (TPSA) is 70.1 Å². The zero-order valence-electron chi connectivity index (χ0n) is 15.5. The van der Waals surface area contributed by atoms with Crippen molar-refractivity contribution in [1.82, 2.24) is 9.80 Å². The molecule has 1 fully saturated rings. The molecule has 0 aromatic heterocycles. The molecular weight excluding hydrogens is 380 g/mol. The summed E-state index contributed by atoms with van der Waals surface area (Å²) in [6.07, 6.45) is 0. The number of benzene rings is 2. The molecule has 28 heavy (non-hydrogen) atoms. The van der Waals surface area contributed by atoms with Gasteiger partial charge in [0.1, 0.15) is 5.75 Å². The summed E-state index contributed by atoms with van der Waals surface area (Å²) >= 11 is 5.85.